The summed E-state index contributed by atoms with van der Waals surface area (Å²) in [5, 5.41) is 11.7. The van der Waals surface area contributed by atoms with Crippen LogP contribution in [-0.4, -0.2) is 29.6 Å². The number of thiophene rings is 1. The molecule has 0 aliphatic rings. The SMILES string of the molecule is CCCNC(=O)C(C)Oc1cc(C)sc1C(=O)O. The molecule has 5 nitrogen and oxygen atoms in total. The largest absolute Gasteiger partial charge is 0.479 e. The van der Waals surface area contributed by atoms with E-state index in [0.717, 1.165) is 22.6 Å². The van der Waals surface area contributed by atoms with E-state index in [4.69, 9.17) is 9.84 Å². The summed E-state index contributed by atoms with van der Waals surface area (Å²) in [7, 11) is 0. The highest BCUT2D eigenvalue weighted by Crippen LogP contribution is 2.29. The van der Waals surface area contributed by atoms with E-state index in [9.17, 15) is 9.59 Å². The summed E-state index contributed by atoms with van der Waals surface area (Å²) in [6, 6.07) is 1.64. The van der Waals surface area contributed by atoms with Gasteiger partial charge in [0.2, 0.25) is 0 Å². The van der Waals surface area contributed by atoms with Crippen LogP contribution in [0, 0.1) is 6.92 Å². The van der Waals surface area contributed by atoms with Crippen LogP contribution < -0.4 is 10.1 Å². The third-order valence-electron chi connectivity index (χ3n) is 2.24. The first-order valence-electron chi connectivity index (χ1n) is 5.73. The Balaban J connectivity index is 2.72. The third-order valence-corrected chi connectivity index (χ3v) is 3.26. The van der Waals surface area contributed by atoms with E-state index in [0.29, 0.717) is 6.54 Å². The summed E-state index contributed by atoms with van der Waals surface area (Å²) in [5.74, 6) is -1.02. The van der Waals surface area contributed by atoms with Crippen LogP contribution in [0.25, 0.3) is 0 Å². The molecule has 2 N–H and O–H groups in total. The highest BCUT2D eigenvalue weighted by atomic mass is 32.1. The second kappa shape index (κ2) is 6.39. The topological polar surface area (TPSA) is 75.6 Å². The zero-order valence-electron chi connectivity index (χ0n) is 10.6. The second-order valence-corrected chi connectivity index (χ2v) is 5.16. The smallest absolute Gasteiger partial charge is 0.349 e. The van der Waals surface area contributed by atoms with Crippen LogP contribution in [-0.2, 0) is 4.79 Å². The van der Waals surface area contributed by atoms with Gasteiger partial charge >= 0.3 is 5.97 Å². The lowest BCUT2D eigenvalue weighted by Gasteiger charge is -2.13. The van der Waals surface area contributed by atoms with Gasteiger partial charge in [0, 0.05) is 11.4 Å². The lowest BCUT2D eigenvalue weighted by atomic mass is 10.3. The minimum atomic E-state index is -1.04. The number of rotatable bonds is 6. The molecule has 0 saturated carbocycles. The maximum atomic E-state index is 11.6. The van der Waals surface area contributed by atoms with Gasteiger partial charge in [-0.05, 0) is 26.3 Å². The van der Waals surface area contributed by atoms with Gasteiger partial charge < -0.3 is 15.2 Å². The standard InChI is InChI=1S/C12H17NO4S/c1-4-5-13-11(14)8(3)17-9-6-7(2)18-10(9)12(15)16/h6,8H,4-5H2,1-3H3,(H,13,14)(H,15,16). The van der Waals surface area contributed by atoms with E-state index < -0.39 is 12.1 Å². The molecule has 0 saturated heterocycles. The van der Waals surface area contributed by atoms with Gasteiger partial charge in [-0.15, -0.1) is 11.3 Å². The molecule has 0 aromatic carbocycles. The molecule has 1 atom stereocenters. The summed E-state index contributed by atoms with van der Waals surface area (Å²) in [6.45, 7) is 5.94. The Bertz CT molecular complexity index is 441. The molecule has 1 heterocycles. The zero-order valence-corrected chi connectivity index (χ0v) is 11.5. The molecule has 0 radical (unpaired) electrons. The van der Waals surface area contributed by atoms with E-state index in [-0.39, 0.29) is 16.5 Å². The first-order valence-corrected chi connectivity index (χ1v) is 6.55. The van der Waals surface area contributed by atoms with Gasteiger partial charge in [-0.1, -0.05) is 6.92 Å². The minimum absolute atomic E-state index is 0.127. The lowest BCUT2D eigenvalue weighted by Crippen LogP contribution is -2.36. The van der Waals surface area contributed by atoms with Crippen molar-refractivity contribution in [2.45, 2.75) is 33.3 Å². The number of carbonyl (C=O) groups excluding carboxylic acids is 1. The highest BCUT2D eigenvalue weighted by molar-refractivity contribution is 7.14. The molecule has 0 spiro atoms. The van der Waals surface area contributed by atoms with E-state index >= 15 is 0 Å². The molecule has 1 amide bonds. The Morgan fingerprint density at radius 1 is 1.56 bits per heavy atom. The number of carbonyl (C=O) groups is 2. The molecular weight excluding hydrogens is 254 g/mol. The Kier molecular flexibility index (Phi) is 5.15. The number of carboxylic acid groups (broad SMARTS) is 1. The Morgan fingerprint density at radius 3 is 2.78 bits per heavy atom. The maximum Gasteiger partial charge on any atom is 0.349 e. The van der Waals surface area contributed by atoms with Crippen molar-refractivity contribution in [3.8, 4) is 5.75 Å². The number of hydrogen-bond donors (Lipinski definition) is 2. The second-order valence-electron chi connectivity index (χ2n) is 3.91. The van der Waals surface area contributed by atoms with E-state index in [2.05, 4.69) is 5.32 Å². The normalized spacial score (nSPS) is 11.9. The summed E-state index contributed by atoms with van der Waals surface area (Å²) in [4.78, 5) is 23.6. The summed E-state index contributed by atoms with van der Waals surface area (Å²) < 4.78 is 5.40. The summed E-state index contributed by atoms with van der Waals surface area (Å²) in [5.41, 5.74) is 0. The molecule has 100 valence electrons. The van der Waals surface area contributed by atoms with Gasteiger partial charge in [-0.3, -0.25) is 4.79 Å². The number of amides is 1. The molecule has 1 aromatic heterocycles. The van der Waals surface area contributed by atoms with Gasteiger partial charge in [0.15, 0.2) is 11.0 Å². The van der Waals surface area contributed by atoms with Crippen LogP contribution in [0.4, 0.5) is 0 Å². The quantitative estimate of drug-likeness (QED) is 0.830. The van der Waals surface area contributed by atoms with Crippen LogP contribution >= 0.6 is 11.3 Å². The molecular formula is C12H17NO4S. The first-order chi connectivity index (χ1) is 8.45. The predicted octanol–water partition coefficient (Wildman–Crippen LogP) is 2.05. The van der Waals surface area contributed by atoms with E-state index in [1.165, 1.54) is 0 Å². The fourth-order valence-electron chi connectivity index (χ4n) is 1.36. The Morgan fingerprint density at radius 2 is 2.22 bits per heavy atom. The average Bonchev–Trinajstić information content (AvgIpc) is 2.67. The van der Waals surface area contributed by atoms with Crippen molar-refractivity contribution in [2.24, 2.45) is 0 Å². The Labute approximate surface area is 110 Å². The van der Waals surface area contributed by atoms with Crippen molar-refractivity contribution in [3.63, 3.8) is 0 Å². The van der Waals surface area contributed by atoms with Crippen molar-refractivity contribution >= 4 is 23.2 Å². The van der Waals surface area contributed by atoms with Crippen LogP contribution in [0.2, 0.25) is 0 Å². The minimum Gasteiger partial charge on any atom is -0.479 e. The number of aromatic carboxylic acids is 1. The zero-order chi connectivity index (χ0) is 13.7. The van der Waals surface area contributed by atoms with Crippen LogP contribution in [0.3, 0.4) is 0 Å². The molecule has 0 aliphatic heterocycles. The van der Waals surface area contributed by atoms with E-state index in [1.54, 1.807) is 19.9 Å². The maximum absolute atomic E-state index is 11.6. The third kappa shape index (κ3) is 3.73. The molecule has 0 bridgehead atoms. The fraction of sp³-hybridized carbons (Fsp3) is 0.500. The number of ether oxygens (including phenoxy) is 1. The molecule has 0 fully saturated rings. The van der Waals surface area contributed by atoms with Gasteiger partial charge in [-0.25, -0.2) is 4.79 Å². The Hall–Kier alpha value is -1.56. The van der Waals surface area contributed by atoms with Crippen molar-refractivity contribution in [1.82, 2.24) is 5.32 Å². The first kappa shape index (κ1) is 14.5. The number of nitrogens with one attached hydrogen (secondary N) is 1. The predicted molar refractivity (Wildman–Crippen MR) is 69.4 cm³/mol. The lowest BCUT2D eigenvalue weighted by molar-refractivity contribution is -0.127. The monoisotopic (exact) mass is 271 g/mol. The van der Waals surface area contributed by atoms with Crippen molar-refractivity contribution in [3.05, 3.63) is 15.8 Å². The number of hydrogen-bond acceptors (Lipinski definition) is 4. The van der Waals surface area contributed by atoms with Crippen LogP contribution in [0.15, 0.2) is 6.07 Å². The van der Waals surface area contributed by atoms with E-state index in [1.807, 2.05) is 6.92 Å². The number of carboxylic acids is 1. The van der Waals surface area contributed by atoms with Gasteiger partial charge in [0.05, 0.1) is 0 Å². The average molecular weight is 271 g/mol. The molecule has 18 heavy (non-hydrogen) atoms. The number of aryl methyl sites for hydroxylation is 1. The molecule has 0 aliphatic carbocycles. The molecule has 1 unspecified atom stereocenters. The molecule has 1 aromatic rings. The summed E-state index contributed by atoms with van der Waals surface area (Å²) >= 11 is 1.14. The molecule has 6 heteroatoms. The highest BCUT2D eigenvalue weighted by Gasteiger charge is 2.20. The molecule has 1 rings (SSSR count). The van der Waals surface area contributed by atoms with Crippen molar-refractivity contribution < 1.29 is 19.4 Å². The fourth-order valence-corrected chi connectivity index (χ4v) is 2.15. The van der Waals surface area contributed by atoms with Crippen LogP contribution in [0.5, 0.6) is 5.75 Å². The van der Waals surface area contributed by atoms with Crippen molar-refractivity contribution in [1.29, 1.82) is 0 Å². The summed E-state index contributed by atoms with van der Waals surface area (Å²) in [6.07, 6.45) is 0.139. The van der Waals surface area contributed by atoms with Crippen molar-refractivity contribution in [2.75, 3.05) is 6.54 Å². The van der Waals surface area contributed by atoms with Crippen LogP contribution in [0.1, 0.15) is 34.8 Å². The van der Waals surface area contributed by atoms with Gasteiger partial charge in [0.25, 0.3) is 5.91 Å². The van der Waals surface area contributed by atoms with Gasteiger partial charge in [-0.2, -0.15) is 0 Å². The van der Waals surface area contributed by atoms with Gasteiger partial charge in [0.1, 0.15) is 5.75 Å².